The molecular formula is C14H21NO2. The number of para-hydroxylation sites is 1. The van der Waals surface area contributed by atoms with Crippen LogP contribution in [0.15, 0.2) is 36.4 Å². The zero-order valence-corrected chi connectivity index (χ0v) is 10.4. The molecule has 0 aliphatic heterocycles. The molecule has 0 unspecified atom stereocenters. The first-order chi connectivity index (χ1) is 8.27. The lowest BCUT2D eigenvalue weighted by molar-refractivity contribution is 0.293. The molecule has 0 aliphatic rings. The van der Waals surface area contributed by atoms with Crippen molar-refractivity contribution in [2.75, 3.05) is 26.3 Å². The van der Waals surface area contributed by atoms with Gasteiger partial charge in [-0.3, -0.25) is 0 Å². The summed E-state index contributed by atoms with van der Waals surface area (Å²) in [5, 5.41) is 12.2. The van der Waals surface area contributed by atoms with E-state index in [0.29, 0.717) is 13.0 Å². The second-order valence-corrected chi connectivity index (χ2v) is 3.90. The molecule has 17 heavy (non-hydrogen) atoms. The Morgan fingerprint density at radius 3 is 2.88 bits per heavy atom. The molecule has 3 heteroatoms. The number of hydrogen-bond acceptors (Lipinski definition) is 3. The zero-order chi connectivity index (χ0) is 12.5. The Bertz CT molecular complexity index is 350. The lowest BCUT2D eigenvalue weighted by atomic mass is 10.1. The largest absolute Gasteiger partial charge is 0.489 e. The number of rotatable bonds is 8. The third-order valence-electron chi connectivity index (χ3n) is 2.41. The highest BCUT2D eigenvalue weighted by molar-refractivity contribution is 5.33. The monoisotopic (exact) mass is 235 g/mol. The predicted molar refractivity (Wildman–Crippen MR) is 70.4 cm³/mol. The van der Waals surface area contributed by atoms with Crippen molar-refractivity contribution < 1.29 is 9.84 Å². The highest BCUT2D eigenvalue weighted by atomic mass is 16.5. The average Bonchev–Trinajstić information content (AvgIpc) is 2.35. The molecule has 1 aromatic carbocycles. The Kier molecular flexibility index (Phi) is 6.37. The lowest BCUT2D eigenvalue weighted by Gasteiger charge is -2.12. The van der Waals surface area contributed by atoms with Gasteiger partial charge in [0.2, 0.25) is 0 Å². The quantitative estimate of drug-likeness (QED) is 0.675. The van der Waals surface area contributed by atoms with E-state index < -0.39 is 0 Å². The smallest absolute Gasteiger partial charge is 0.123 e. The van der Waals surface area contributed by atoms with Gasteiger partial charge in [0.05, 0.1) is 0 Å². The van der Waals surface area contributed by atoms with Crippen molar-refractivity contribution in [3.8, 4) is 5.75 Å². The van der Waals surface area contributed by atoms with Gasteiger partial charge in [-0.15, -0.1) is 0 Å². The lowest BCUT2D eigenvalue weighted by Crippen LogP contribution is -2.19. The van der Waals surface area contributed by atoms with E-state index in [4.69, 9.17) is 9.84 Å². The minimum Gasteiger partial charge on any atom is -0.489 e. The molecule has 1 rings (SSSR count). The third kappa shape index (κ3) is 5.02. The van der Waals surface area contributed by atoms with Crippen LogP contribution in [0.3, 0.4) is 0 Å². The normalized spacial score (nSPS) is 10.2. The molecule has 0 radical (unpaired) electrons. The fourth-order valence-corrected chi connectivity index (χ4v) is 1.50. The van der Waals surface area contributed by atoms with Crippen LogP contribution in [-0.2, 0) is 6.42 Å². The molecule has 3 nitrogen and oxygen atoms in total. The topological polar surface area (TPSA) is 41.5 Å². The van der Waals surface area contributed by atoms with E-state index in [1.807, 2.05) is 24.3 Å². The van der Waals surface area contributed by atoms with Crippen molar-refractivity contribution in [3.05, 3.63) is 42.0 Å². The maximum absolute atomic E-state index is 8.95. The van der Waals surface area contributed by atoms with Crippen molar-refractivity contribution in [3.63, 3.8) is 0 Å². The molecule has 0 aliphatic carbocycles. The van der Waals surface area contributed by atoms with Crippen LogP contribution in [0.2, 0.25) is 0 Å². The number of benzene rings is 1. The molecular weight excluding hydrogens is 214 g/mol. The van der Waals surface area contributed by atoms with Crippen molar-refractivity contribution in [2.45, 2.75) is 13.3 Å². The van der Waals surface area contributed by atoms with Crippen LogP contribution in [0.4, 0.5) is 0 Å². The fraction of sp³-hybridized carbons (Fsp3) is 0.429. The Morgan fingerprint density at radius 2 is 2.18 bits per heavy atom. The first-order valence-corrected chi connectivity index (χ1v) is 5.96. The number of aliphatic hydroxyl groups excluding tert-OH is 1. The van der Waals surface area contributed by atoms with E-state index in [1.165, 1.54) is 0 Å². The van der Waals surface area contributed by atoms with Gasteiger partial charge >= 0.3 is 0 Å². The van der Waals surface area contributed by atoms with Crippen molar-refractivity contribution in [2.24, 2.45) is 0 Å². The highest BCUT2D eigenvalue weighted by Gasteiger charge is 2.02. The van der Waals surface area contributed by atoms with Gasteiger partial charge in [-0.25, -0.2) is 0 Å². The van der Waals surface area contributed by atoms with Crippen LogP contribution in [0.25, 0.3) is 0 Å². The van der Waals surface area contributed by atoms with E-state index >= 15 is 0 Å². The second kappa shape index (κ2) is 7.87. The summed E-state index contributed by atoms with van der Waals surface area (Å²) in [6, 6.07) is 7.78. The van der Waals surface area contributed by atoms with Gasteiger partial charge < -0.3 is 15.2 Å². The second-order valence-electron chi connectivity index (χ2n) is 3.90. The summed E-state index contributed by atoms with van der Waals surface area (Å²) in [6.45, 7) is 8.36. The standard InChI is InChI=1S/C14H21NO2/c1-3-15-10-12(2)11-17-14-7-5-4-6-13(14)8-9-16/h4-7,15-16H,2-3,8-11H2,1H3. The number of likely N-dealkylation sites (N-methyl/N-ethyl adjacent to an activating group) is 1. The zero-order valence-electron chi connectivity index (χ0n) is 10.4. The molecule has 0 heterocycles. The fourth-order valence-electron chi connectivity index (χ4n) is 1.50. The van der Waals surface area contributed by atoms with Crippen LogP contribution in [0.5, 0.6) is 5.75 Å². The highest BCUT2D eigenvalue weighted by Crippen LogP contribution is 2.18. The van der Waals surface area contributed by atoms with Gasteiger partial charge in [0, 0.05) is 13.2 Å². The molecule has 0 fully saturated rings. The van der Waals surface area contributed by atoms with Gasteiger partial charge in [0.25, 0.3) is 0 Å². The molecule has 0 bridgehead atoms. The van der Waals surface area contributed by atoms with Gasteiger partial charge in [0.1, 0.15) is 12.4 Å². The Morgan fingerprint density at radius 1 is 1.41 bits per heavy atom. The van der Waals surface area contributed by atoms with Crippen molar-refractivity contribution in [1.29, 1.82) is 0 Å². The maximum atomic E-state index is 8.95. The minimum atomic E-state index is 0.138. The van der Waals surface area contributed by atoms with E-state index in [0.717, 1.165) is 30.0 Å². The van der Waals surface area contributed by atoms with Crippen molar-refractivity contribution in [1.82, 2.24) is 5.32 Å². The average molecular weight is 235 g/mol. The van der Waals surface area contributed by atoms with Crippen molar-refractivity contribution >= 4 is 0 Å². The summed E-state index contributed by atoms with van der Waals surface area (Å²) in [5.41, 5.74) is 2.05. The molecule has 2 N–H and O–H groups in total. The van der Waals surface area contributed by atoms with Crippen LogP contribution < -0.4 is 10.1 Å². The van der Waals surface area contributed by atoms with Gasteiger partial charge in [-0.2, -0.15) is 0 Å². The van der Waals surface area contributed by atoms with Gasteiger partial charge in [-0.05, 0) is 30.2 Å². The van der Waals surface area contributed by atoms with E-state index in [2.05, 4.69) is 18.8 Å². The van der Waals surface area contributed by atoms with Gasteiger partial charge in [0.15, 0.2) is 0 Å². The molecule has 0 atom stereocenters. The predicted octanol–water partition coefficient (Wildman–Crippen LogP) is 1.77. The molecule has 0 saturated carbocycles. The maximum Gasteiger partial charge on any atom is 0.123 e. The van der Waals surface area contributed by atoms with Crippen LogP contribution in [0, 0.1) is 0 Å². The SMILES string of the molecule is C=C(CNCC)COc1ccccc1CCO. The van der Waals surface area contributed by atoms with Crippen LogP contribution in [-0.4, -0.2) is 31.4 Å². The van der Waals surface area contributed by atoms with E-state index in [9.17, 15) is 0 Å². The Labute approximate surface area is 103 Å². The molecule has 0 aromatic heterocycles. The number of ether oxygens (including phenoxy) is 1. The molecule has 0 saturated heterocycles. The third-order valence-corrected chi connectivity index (χ3v) is 2.41. The summed E-state index contributed by atoms with van der Waals surface area (Å²) < 4.78 is 5.70. The summed E-state index contributed by atoms with van der Waals surface area (Å²) in [4.78, 5) is 0. The summed E-state index contributed by atoms with van der Waals surface area (Å²) in [6.07, 6.45) is 0.621. The molecule has 0 spiro atoms. The Hall–Kier alpha value is -1.32. The van der Waals surface area contributed by atoms with Crippen LogP contribution in [0.1, 0.15) is 12.5 Å². The number of nitrogens with one attached hydrogen (secondary N) is 1. The molecule has 94 valence electrons. The first kappa shape index (κ1) is 13.7. The molecule has 0 amide bonds. The first-order valence-electron chi connectivity index (χ1n) is 5.96. The van der Waals surface area contributed by atoms with Gasteiger partial charge in [-0.1, -0.05) is 31.7 Å². The minimum absolute atomic E-state index is 0.138. The number of aliphatic hydroxyl groups is 1. The van der Waals surface area contributed by atoms with Crippen LogP contribution >= 0.6 is 0 Å². The Balaban J connectivity index is 2.47. The van der Waals surface area contributed by atoms with E-state index in [1.54, 1.807) is 0 Å². The summed E-state index contributed by atoms with van der Waals surface area (Å²) in [5.74, 6) is 0.833. The summed E-state index contributed by atoms with van der Waals surface area (Å²) in [7, 11) is 0. The van der Waals surface area contributed by atoms with E-state index in [-0.39, 0.29) is 6.61 Å². The molecule has 1 aromatic rings. The number of hydrogen-bond donors (Lipinski definition) is 2. The summed E-state index contributed by atoms with van der Waals surface area (Å²) >= 11 is 0.